The molecule has 1 N–H and O–H groups in total. The first-order valence-corrected chi connectivity index (χ1v) is 7.88. The van der Waals surface area contributed by atoms with Crippen molar-refractivity contribution in [1.29, 1.82) is 0 Å². The lowest BCUT2D eigenvalue weighted by molar-refractivity contribution is 0.548. The molecule has 0 spiro atoms. The maximum atomic E-state index is 3.63. The summed E-state index contributed by atoms with van der Waals surface area (Å²) in [5, 5.41) is 8.15. The van der Waals surface area contributed by atoms with Crippen molar-refractivity contribution in [3.63, 3.8) is 0 Å². The van der Waals surface area contributed by atoms with E-state index in [0.717, 1.165) is 13.0 Å². The van der Waals surface area contributed by atoms with Crippen molar-refractivity contribution in [3.05, 3.63) is 56.8 Å². The molecule has 2 heteroatoms. The third-order valence-corrected chi connectivity index (χ3v) is 4.53. The molecule has 0 aliphatic carbocycles. The highest BCUT2D eigenvalue weighted by atomic mass is 32.1. The molecule has 0 fully saturated rings. The first-order chi connectivity index (χ1) is 9.11. The van der Waals surface area contributed by atoms with Crippen molar-refractivity contribution in [2.75, 3.05) is 6.54 Å². The lowest BCUT2D eigenvalue weighted by Gasteiger charge is -2.20. The summed E-state index contributed by atoms with van der Waals surface area (Å²) in [7, 11) is 0. The predicted molar refractivity (Wildman–Crippen MR) is 85.1 cm³/mol. The summed E-state index contributed by atoms with van der Waals surface area (Å²) in [5.74, 6) is 0. The van der Waals surface area contributed by atoms with Gasteiger partial charge in [-0.2, -0.15) is 11.3 Å². The molecule has 1 heterocycles. The van der Waals surface area contributed by atoms with Gasteiger partial charge in [-0.25, -0.2) is 0 Å². The topological polar surface area (TPSA) is 12.0 Å². The summed E-state index contributed by atoms with van der Waals surface area (Å²) < 4.78 is 0. The van der Waals surface area contributed by atoms with Gasteiger partial charge in [-0.05, 0) is 66.8 Å². The van der Waals surface area contributed by atoms with Gasteiger partial charge >= 0.3 is 0 Å². The highest BCUT2D eigenvalue weighted by Gasteiger charge is 2.15. The van der Waals surface area contributed by atoms with E-state index < -0.39 is 0 Å². The molecule has 1 aromatic carbocycles. The normalized spacial score (nSPS) is 12.6. The number of nitrogens with one attached hydrogen (secondary N) is 1. The van der Waals surface area contributed by atoms with Crippen LogP contribution in [0, 0.1) is 20.8 Å². The fourth-order valence-electron chi connectivity index (χ4n) is 2.51. The summed E-state index contributed by atoms with van der Waals surface area (Å²) in [6, 6.07) is 7.17. The third kappa shape index (κ3) is 3.46. The van der Waals surface area contributed by atoms with Gasteiger partial charge in [0.1, 0.15) is 0 Å². The maximum Gasteiger partial charge on any atom is 0.0371 e. The summed E-state index contributed by atoms with van der Waals surface area (Å²) in [5.41, 5.74) is 7.05. The van der Waals surface area contributed by atoms with E-state index in [-0.39, 0.29) is 0 Å². The van der Waals surface area contributed by atoms with Crippen LogP contribution >= 0.6 is 11.3 Å². The second kappa shape index (κ2) is 6.36. The molecular weight excluding hydrogens is 250 g/mol. The summed E-state index contributed by atoms with van der Waals surface area (Å²) in [6.45, 7) is 9.77. The molecule has 0 bridgehead atoms. The van der Waals surface area contributed by atoms with E-state index in [0.29, 0.717) is 6.04 Å². The minimum absolute atomic E-state index is 0.428. The summed E-state index contributed by atoms with van der Waals surface area (Å²) in [6.07, 6.45) is 1.07. The first kappa shape index (κ1) is 14.3. The van der Waals surface area contributed by atoms with Crippen LogP contribution in [0.2, 0.25) is 0 Å². The van der Waals surface area contributed by atoms with E-state index in [1.54, 1.807) is 11.3 Å². The molecule has 0 saturated carbocycles. The van der Waals surface area contributed by atoms with Gasteiger partial charge in [0.15, 0.2) is 0 Å². The van der Waals surface area contributed by atoms with Crippen molar-refractivity contribution in [2.45, 2.75) is 40.2 Å². The number of likely N-dealkylation sites (N-methyl/N-ethyl adjacent to an activating group) is 1. The Hall–Kier alpha value is -1.12. The van der Waals surface area contributed by atoms with E-state index in [1.807, 2.05) is 0 Å². The highest BCUT2D eigenvalue weighted by Crippen LogP contribution is 2.26. The van der Waals surface area contributed by atoms with Crippen LogP contribution in [-0.4, -0.2) is 6.54 Å². The van der Waals surface area contributed by atoms with Crippen LogP contribution in [0.3, 0.4) is 0 Å². The molecule has 1 atom stereocenters. The molecule has 19 heavy (non-hydrogen) atoms. The minimum Gasteiger partial charge on any atom is -0.310 e. The number of rotatable bonds is 5. The quantitative estimate of drug-likeness (QED) is 0.841. The maximum absolute atomic E-state index is 3.63. The number of thiophene rings is 1. The highest BCUT2D eigenvalue weighted by molar-refractivity contribution is 7.08. The van der Waals surface area contributed by atoms with Gasteiger partial charge in [-0.3, -0.25) is 0 Å². The predicted octanol–water partition coefficient (Wildman–Crippen LogP) is 4.57. The van der Waals surface area contributed by atoms with Crippen molar-refractivity contribution in [3.8, 4) is 0 Å². The van der Waals surface area contributed by atoms with Crippen LogP contribution in [0.1, 0.15) is 40.8 Å². The molecule has 1 unspecified atom stereocenters. The first-order valence-electron chi connectivity index (χ1n) is 6.94. The zero-order chi connectivity index (χ0) is 13.8. The van der Waals surface area contributed by atoms with E-state index >= 15 is 0 Å². The van der Waals surface area contributed by atoms with Crippen LogP contribution < -0.4 is 5.32 Å². The lowest BCUT2D eigenvalue weighted by Crippen LogP contribution is -2.23. The smallest absolute Gasteiger partial charge is 0.0371 e. The molecule has 0 aliphatic heterocycles. The van der Waals surface area contributed by atoms with Gasteiger partial charge in [0.05, 0.1) is 0 Å². The molecule has 1 aromatic heterocycles. The number of benzene rings is 1. The number of aryl methyl sites for hydroxylation is 3. The monoisotopic (exact) mass is 273 g/mol. The Bertz CT molecular complexity index is 542. The summed E-state index contributed by atoms with van der Waals surface area (Å²) >= 11 is 1.80. The lowest BCUT2D eigenvalue weighted by atomic mass is 9.94. The number of hydrogen-bond donors (Lipinski definition) is 1. The van der Waals surface area contributed by atoms with Crippen molar-refractivity contribution in [2.24, 2.45) is 0 Å². The van der Waals surface area contributed by atoms with Crippen LogP contribution in [0.15, 0.2) is 29.0 Å². The minimum atomic E-state index is 0.428. The van der Waals surface area contributed by atoms with Crippen LogP contribution in [-0.2, 0) is 6.42 Å². The Labute approximate surface area is 120 Å². The zero-order valence-electron chi connectivity index (χ0n) is 12.3. The van der Waals surface area contributed by atoms with Crippen molar-refractivity contribution in [1.82, 2.24) is 5.32 Å². The Morgan fingerprint density at radius 3 is 2.53 bits per heavy atom. The van der Waals surface area contributed by atoms with Gasteiger partial charge in [0, 0.05) is 6.04 Å². The molecule has 2 aromatic rings. The Morgan fingerprint density at radius 2 is 1.89 bits per heavy atom. The fourth-order valence-corrected chi connectivity index (χ4v) is 3.41. The Kier molecular flexibility index (Phi) is 4.78. The average Bonchev–Trinajstić information content (AvgIpc) is 2.79. The van der Waals surface area contributed by atoms with Gasteiger partial charge in [0.2, 0.25) is 0 Å². The standard InChI is InChI=1S/C17H23NS/c1-5-18-17(16-11-19-10-14(16)4)9-15-8-12(2)6-7-13(15)3/h6-8,10-11,17-18H,5,9H2,1-4H3. The van der Waals surface area contributed by atoms with E-state index in [9.17, 15) is 0 Å². The number of hydrogen-bond acceptors (Lipinski definition) is 2. The molecule has 1 nitrogen and oxygen atoms in total. The Morgan fingerprint density at radius 1 is 1.11 bits per heavy atom. The van der Waals surface area contributed by atoms with Crippen molar-refractivity contribution >= 4 is 11.3 Å². The van der Waals surface area contributed by atoms with Crippen molar-refractivity contribution < 1.29 is 0 Å². The second-order valence-corrected chi connectivity index (χ2v) is 6.00. The zero-order valence-corrected chi connectivity index (χ0v) is 13.1. The fraction of sp³-hybridized carbons (Fsp3) is 0.412. The molecule has 0 radical (unpaired) electrons. The van der Waals surface area contributed by atoms with Gasteiger partial charge < -0.3 is 5.32 Å². The molecule has 0 saturated heterocycles. The van der Waals surface area contributed by atoms with Gasteiger partial charge in [-0.1, -0.05) is 30.7 Å². The van der Waals surface area contributed by atoms with E-state index in [1.165, 1.54) is 27.8 Å². The SMILES string of the molecule is CCNC(Cc1cc(C)ccc1C)c1cscc1C. The summed E-state index contributed by atoms with van der Waals surface area (Å²) in [4.78, 5) is 0. The second-order valence-electron chi connectivity index (χ2n) is 5.25. The molecule has 0 aliphatic rings. The molecule has 0 amide bonds. The molecular formula is C17H23NS. The van der Waals surface area contributed by atoms with Gasteiger partial charge in [0.25, 0.3) is 0 Å². The molecule has 2 rings (SSSR count). The Balaban J connectivity index is 2.26. The van der Waals surface area contributed by atoms with Gasteiger partial charge in [-0.15, -0.1) is 0 Å². The molecule has 102 valence electrons. The average molecular weight is 273 g/mol. The third-order valence-electron chi connectivity index (χ3n) is 3.65. The largest absolute Gasteiger partial charge is 0.310 e. The van der Waals surface area contributed by atoms with Crippen LogP contribution in [0.5, 0.6) is 0 Å². The van der Waals surface area contributed by atoms with E-state index in [2.05, 4.69) is 62.0 Å². The van der Waals surface area contributed by atoms with Crippen LogP contribution in [0.4, 0.5) is 0 Å². The van der Waals surface area contributed by atoms with Crippen LogP contribution in [0.25, 0.3) is 0 Å². The van der Waals surface area contributed by atoms with E-state index in [4.69, 9.17) is 0 Å².